The highest BCUT2D eigenvalue weighted by atomic mass is 32.2. The maximum atomic E-state index is 12.8. The minimum atomic E-state index is -3.65. The number of sulfonamides is 1. The van der Waals surface area contributed by atoms with E-state index in [9.17, 15) is 13.2 Å². The average molecular weight is 371 g/mol. The van der Waals surface area contributed by atoms with Crippen molar-refractivity contribution in [2.24, 2.45) is 0 Å². The van der Waals surface area contributed by atoms with E-state index in [1.807, 2.05) is 13.0 Å². The molecule has 0 saturated carbocycles. The van der Waals surface area contributed by atoms with Gasteiger partial charge in [0.25, 0.3) is 0 Å². The molecule has 0 fully saturated rings. The molecule has 1 N–H and O–H groups in total. The number of hydrogen-bond acceptors (Lipinski definition) is 4. The highest BCUT2D eigenvalue weighted by Crippen LogP contribution is 2.21. The van der Waals surface area contributed by atoms with Gasteiger partial charge in [-0.15, -0.1) is 0 Å². The summed E-state index contributed by atoms with van der Waals surface area (Å²) >= 11 is 0. The standard InChI is InChI=1S/C18H30N2O4S/c1-13-9-10-15(14(2)11-13)25(22,23)20(8)12-18(6,7)19-16(21)24-17(3,4)5/h9-11H,12H2,1-8H3,(H,19,21). The van der Waals surface area contributed by atoms with E-state index in [4.69, 9.17) is 4.74 Å². The van der Waals surface area contributed by atoms with Crippen molar-refractivity contribution >= 4 is 16.1 Å². The fourth-order valence-corrected chi connectivity index (χ4v) is 4.05. The number of likely N-dealkylation sites (N-methyl/N-ethyl adjacent to an activating group) is 1. The highest BCUT2D eigenvalue weighted by molar-refractivity contribution is 7.89. The van der Waals surface area contributed by atoms with Crippen LogP contribution in [0.4, 0.5) is 4.79 Å². The molecule has 0 saturated heterocycles. The molecule has 0 aromatic heterocycles. The summed E-state index contributed by atoms with van der Waals surface area (Å²) in [7, 11) is -2.14. The van der Waals surface area contributed by atoms with Gasteiger partial charge in [0.1, 0.15) is 5.60 Å². The molecule has 0 atom stereocenters. The molecule has 142 valence electrons. The molecule has 0 unspecified atom stereocenters. The van der Waals surface area contributed by atoms with Crippen molar-refractivity contribution in [2.75, 3.05) is 13.6 Å². The number of nitrogens with one attached hydrogen (secondary N) is 1. The van der Waals surface area contributed by atoms with Gasteiger partial charge >= 0.3 is 6.09 Å². The molecule has 0 aliphatic rings. The van der Waals surface area contributed by atoms with Crippen molar-refractivity contribution < 1.29 is 17.9 Å². The molecule has 0 spiro atoms. The van der Waals surface area contributed by atoms with Crippen LogP contribution in [0.5, 0.6) is 0 Å². The molecule has 0 aliphatic carbocycles. The van der Waals surface area contributed by atoms with Crippen LogP contribution in [0, 0.1) is 13.8 Å². The number of rotatable bonds is 5. The topological polar surface area (TPSA) is 75.7 Å². The van der Waals surface area contributed by atoms with E-state index >= 15 is 0 Å². The van der Waals surface area contributed by atoms with E-state index in [2.05, 4.69) is 5.32 Å². The number of benzene rings is 1. The first-order chi connectivity index (χ1) is 11.1. The van der Waals surface area contributed by atoms with Gasteiger partial charge in [0.05, 0.1) is 10.4 Å². The number of amides is 1. The number of nitrogens with zero attached hydrogens (tertiary/aromatic N) is 1. The summed E-state index contributed by atoms with van der Waals surface area (Å²) in [5.74, 6) is 0. The Morgan fingerprint density at radius 3 is 2.20 bits per heavy atom. The summed E-state index contributed by atoms with van der Waals surface area (Å²) in [6.07, 6.45) is -0.574. The predicted octanol–water partition coefficient (Wildman–Crippen LogP) is 3.23. The fourth-order valence-electron chi connectivity index (χ4n) is 2.52. The van der Waals surface area contributed by atoms with Crippen LogP contribution >= 0.6 is 0 Å². The predicted molar refractivity (Wildman–Crippen MR) is 99.2 cm³/mol. The summed E-state index contributed by atoms with van der Waals surface area (Å²) in [5.41, 5.74) is 0.302. The quantitative estimate of drug-likeness (QED) is 0.863. The molecule has 1 aromatic rings. The normalized spacial score (nSPS) is 13.0. The smallest absolute Gasteiger partial charge is 0.408 e. The lowest BCUT2D eigenvalue weighted by atomic mass is 10.1. The van der Waals surface area contributed by atoms with Crippen molar-refractivity contribution in [2.45, 2.75) is 64.5 Å². The Kier molecular flexibility index (Phi) is 6.29. The van der Waals surface area contributed by atoms with Gasteiger partial charge in [-0.1, -0.05) is 17.7 Å². The molecular weight excluding hydrogens is 340 g/mol. The van der Waals surface area contributed by atoms with Crippen LogP contribution in [-0.4, -0.2) is 43.5 Å². The van der Waals surface area contributed by atoms with Gasteiger partial charge in [-0.25, -0.2) is 13.2 Å². The van der Waals surface area contributed by atoms with Crippen LogP contribution in [-0.2, 0) is 14.8 Å². The molecule has 0 heterocycles. The Labute approximate surface area is 151 Å². The van der Waals surface area contributed by atoms with E-state index in [1.54, 1.807) is 53.7 Å². The summed E-state index contributed by atoms with van der Waals surface area (Å²) in [4.78, 5) is 12.2. The maximum absolute atomic E-state index is 12.8. The third-order valence-corrected chi connectivity index (χ3v) is 5.44. The van der Waals surface area contributed by atoms with Crippen LogP contribution in [0.1, 0.15) is 45.7 Å². The first-order valence-corrected chi connectivity index (χ1v) is 9.63. The van der Waals surface area contributed by atoms with E-state index in [0.717, 1.165) is 5.56 Å². The Balaban J connectivity index is 2.91. The van der Waals surface area contributed by atoms with Crippen LogP contribution in [0.15, 0.2) is 23.1 Å². The minimum absolute atomic E-state index is 0.113. The lowest BCUT2D eigenvalue weighted by Crippen LogP contribution is -2.52. The third-order valence-electron chi connectivity index (χ3n) is 3.48. The third kappa shape index (κ3) is 6.32. The zero-order valence-corrected chi connectivity index (χ0v) is 17.2. The molecule has 0 aliphatic heterocycles. The van der Waals surface area contributed by atoms with Crippen molar-refractivity contribution in [3.8, 4) is 0 Å². The Morgan fingerprint density at radius 2 is 1.72 bits per heavy atom. The van der Waals surface area contributed by atoms with E-state index in [1.165, 1.54) is 11.4 Å². The van der Waals surface area contributed by atoms with Gasteiger partial charge < -0.3 is 10.1 Å². The molecule has 25 heavy (non-hydrogen) atoms. The Hall–Kier alpha value is -1.60. The second kappa shape index (κ2) is 7.33. The minimum Gasteiger partial charge on any atom is -0.444 e. The van der Waals surface area contributed by atoms with Gasteiger partial charge in [-0.05, 0) is 60.1 Å². The summed E-state index contributed by atoms with van der Waals surface area (Å²) in [6, 6.07) is 5.23. The molecule has 7 heteroatoms. The van der Waals surface area contributed by atoms with Gasteiger partial charge in [0, 0.05) is 13.6 Å². The lowest BCUT2D eigenvalue weighted by Gasteiger charge is -2.32. The molecule has 1 aromatic carbocycles. The number of carbonyl (C=O) groups excluding carboxylic acids is 1. The summed E-state index contributed by atoms with van der Waals surface area (Å²) < 4.78 is 32.2. The average Bonchev–Trinajstić information content (AvgIpc) is 2.33. The largest absolute Gasteiger partial charge is 0.444 e. The first-order valence-electron chi connectivity index (χ1n) is 8.19. The van der Waals surface area contributed by atoms with Crippen LogP contribution < -0.4 is 5.32 Å². The summed E-state index contributed by atoms with van der Waals surface area (Å²) in [5, 5.41) is 2.72. The van der Waals surface area contributed by atoms with Gasteiger partial charge in [0.15, 0.2) is 0 Å². The number of ether oxygens (including phenoxy) is 1. The van der Waals surface area contributed by atoms with Gasteiger partial charge in [0.2, 0.25) is 10.0 Å². The second-order valence-corrected chi connectivity index (χ2v) is 10.1. The Morgan fingerprint density at radius 1 is 1.16 bits per heavy atom. The number of hydrogen-bond donors (Lipinski definition) is 1. The SMILES string of the molecule is Cc1ccc(S(=O)(=O)N(C)CC(C)(C)NC(=O)OC(C)(C)C)c(C)c1. The molecule has 6 nitrogen and oxygen atoms in total. The van der Waals surface area contributed by atoms with Crippen LogP contribution in [0.2, 0.25) is 0 Å². The molecular formula is C18H30N2O4S. The zero-order valence-electron chi connectivity index (χ0n) is 16.4. The molecule has 1 rings (SSSR count). The number of carbonyl (C=O) groups is 1. The van der Waals surface area contributed by atoms with Gasteiger partial charge in [-0.3, -0.25) is 0 Å². The van der Waals surface area contributed by atoms with Crippen LogP contribution in [0.25, 0.3) is 0 Å². The zero-order chi connectivity index (χ0) is 19.6. The van der Waals surface area contributed by atoms with Crippen LogP contribution in [0.3, 0.4) is 0 Å². The van der Waals surface area contributed by atoms with Crippen molar-refractivity contribution in [3.63, 3.8) is 0 Å². The van der Waals surface area contributed by atoms with E-state index in [0.29, 0.717) is 5.56 Å². The number of alkyl carbamates (subject to hydrolysis) is 1. The maximum Gasteiger partial charge on any atom is 0.408 e. The fraction of sp³-hybridized carbons (Fsp3) is 0.611. The lowest BCUT2D eigenvalue weighted by molar-refractivity contribution is 0.0464. The van der Waals surface area contributed by atoms with Gasteiger partial charge in [-0.2, -0.15) is 4.31 Å². The molecule has 0 bridgehead atoms. The molecule has 0 radical (unpaired) electrons. The summed E-state index contributed by atoms with van der Waals surface area (Å²) in [6.45, 7) is 12.6. The first kappa shape index (κ1) is 21.4. The van der Waals surface area contributed by atoms with E-state index in [-0.39, 0.29) is 11.4 Å². The monoisotopic (exact) mass is 370 g/mol. The second-order valence-electron chi connectivity index (χ2n) is 8.04. The van der Waals surface area contributed by atoms with Crippen molar-refractivity contribution in [1.29, 1.82) is 0 Å². The van der Waals surface area contributed by atoms with E-state index < -0.39 is 27.3 Å². The molecule has 1 amide bonds. The Bertz CT molecular complexity index is 734. The van der Waals surface area contributed by atoms with Crippen molar-refractivity contribution in [1.82, 2.24) is 9.62 Å². The van der Waals surface area contributed by atoms with Crippen molar-refractivity contribution in [3.05, 3.63) is 29.3 Å². The number of aryl methyl sites for hydroxylation is 2. The highest BCUT2D eigenvalue weighted by Gasteiger charge is 2.31.